The van der Waals surface area contributed by atoms with E-state index in [-0.39, 0.29) is 0 Å². The first-order valence-corrected chi connectivity index (χ1v) is 7.61. The number of hydrogen-bond acceptors (Lipinski definition) is 3. The number of rotatable bonds is 1. The van der Waals surface area contributed by atoms with Crippen LogP contribution in [0.15, 0.2) is 18.2 Å². The van der Waals surface area contributed by atoms with Gasteiger partial charge in [-0.15, -0.1) is 0 Å². The topological polar surface area (TPSA) is 47.3 Å². The second-order valence-electron chi connectivity index (χ2n) is 6.33. The predicted octanol–water partition coefficient (Wildman–Crippen LogP) is 3.00. The van der Waals surface area contributed by atoms with Crippen LogP contribution in [0, 0.1) is 24.2 Å². The number of para-hydroxylation sites is 1. The second-order valence-corrected chi connectivity index (χ2v) is 6.33. The van der Waals surface area contributed by atoms with E-state index in [1.807, 2.05) is 12.1 Å². The maximum atomic E-state index is 10.8. The number of nitriles is 1. The van der Waals surface area contributed by atoms with Crippen LogP contribution >= 0.6 is 0 Å². The van der Waals surface area contributed by atoms with Crippen molar-refractivity contribution >= 4 is 5.69 Å². The van der Waals surface area contributed by atoms with Gasteiger partial charge in [-0.05, 0) is 37.8 Å². The van der Waals surface area contributed by atoms with Crippen molar-refractivity contribution in [1.82, 2.24) is 0 Å². The zero-order valence-corrected chi connectivity index (χ0v) is 12.1. The average molecular weight is 270 g/mol. The number of piperidine rings is 1. The van der Waals surface area contributed by atoms with Crippen molar-refractivity contribution in [2.45, 2.75) is 44.6 Å². The van der Waals surface area contributed by atoms with Gasteiger partial charge in [0.25, 0.3) is 0 Å². The van der Waals surface area contributed by atoms with E-state index in [0.717, 1.165) is 55.6 Å². The van der Waals surface area contributed by atoms with Crippen LogP contribution in [0.25, 0.3) is 0 Å². The Balaban J connectivity index is 1.89. The van der Waals surface area contributed by atoms with Crippen molar-refractivity contribution in [2.24, 2.45) is 5.92 Å². The summed E-state index contributed by atoms with van der Waals surface area (Å²) in [6.45, 7) is 3.81. The zero-order valence-electron chi connectivity index (χ0n) is 12.1. The molecule has 106 valence electrons. The molecule has 1 heterocycles. The van der Waals surface area contributed by atoms with Crippen LogP contribution in [0.3, 0.4) is 0 Å². The molecule has 0 spiro atoms. The van der Waals surface area contributed by atoms with E-state index >= 15 is 0 Å². The maximum absolute atomic E-state index is 10.8. The summed E-state index contributed by atoms with van der Waals surface area (Å²) in [5.41, 5.74) is 2.53. The first kappa shape index (κ1) is 13.5. The first-order chi connectivity index (χ1) is 9.64. The molecule has 3 rings (SSSR count). The highest BCUT2D eigenvalue weighted by molar-refractivity contribution is 5.64. The molecule has 1 aromatic carbocycles. The molecule has 1 aliphatic heterocycles. The highest BCUT2D eigenvalue weighted by Gasteiger charge is 2.43. The van der Waals surface area contributed by atoms with Crippen molar-refractivity contribution < 1.29 is 5.11 Å². The molecule has 0 radical (unpaired) electrons. The minimum absolute atomic E-state index is 0.358. The molecule has 1 N–H and O–H groups in total. The Labute approximate surface area is 120 Å². The SMILES string of the molecule is Cc1cccc(C#N)c1N1CCC2(O)CCCCC2C1. The number of aryl methyl sites for hydroxylation is 1. The fourth-order valence-electron chi connectivity index (χ4n) is 3.94. The molecule has 1 saturated heterocycles. The van der Waals surface area contributed by atoms with E-state index in [0.29, 0.717) is 5.92 Å². The minimum atomic E-state index is -0.454. The fraction of sp³-hybridized carbons (Fsp3) is 0.588. The summed E-state index contributed by atoms with van der Waals surface area (Å²) < 4.78 is 0. The lowest BCUT2D eigenvalue weighted by atomic mass is 9.71. The molecule has 1 aromatic rings. The average Bonchev–Trinajstić information content (AvgIpc) is 2.46. The zero-order chi connectivity index (χ0) is 14.2. The van der Waals surface area contributed by atoms with Crippen molar-refractivity contribution in [2.75, 3.05) is 18.0 Å². The van der Waals surface area contributed by atoms with Gasteiger partial charge in [0.2, 0.25) is 0 Å². The van der Waals surface area contributed by atoms with Gasteiger partial charge >= 0.3 is 0 Å². The second kappa shape index (κ2) is 5.10. The van der Waals surface area contributed by atoms with Crippen molar-refractivity contribution in [3.63, 3.8) is 0 Å². The third-order valence-electron chi connectivity index (χ3n) is 5.10. The van der Waals surface area contributed by atoms with Crippen molar-refractivity contribution in [1.29, 1.82) is 5.26 Å². The van der Waals surface area contributed by atoms with Gasteiger partial charge in [-0.2, -0.15) is 5.26 Å². The van der Waals surface area contributed by atoms with E-state index in [1.54, 1.807) is 0 Å². The van der Waals surface area contributed by atoms with Crippen LogP contribution in [0.2, 0.25) is 0 Å². The van der Waals surface area contributed by atoms with Crippen molar-refractivity contribution in [3.05, 3.63) is 29.3 Å². The van der Waals surface area contributed by atoms with Crippen LogP contribution in [-0.2, 0) is 0 Å². The lowest BCUT2D eigenvalue weighted by Gasteiger charge is -2.48. The van der Waals surface area contributed by atoms with Gasteiger partial charge in [-0.1, -0.05) is 25.0 Å². The summed E-state index contributed by atoms with van der Waals surface area (Å²) in [6, 6.07) is 8.21. The summed E-state index contributed by atoms with van der Waals surface area (Å²) in [6.07, 6.45) is 5.27. The Hall–Kier alpha value is -1.53. The smallest absolute Gasteiger partial charge is 0.101 e. The molecule has 2 atom stereocenters. The largest absolute Gasteiger partial charge is 0.389 e. The van der Waals surface area contributed by atoms with Gasteiger partial charge in [0.05, 0.1) is 16.9 Å². The van der Waals surface area contributed by atoms with Gasteiger partial charge in [-0.3, -0.25) is 0 Å². The molecule has 2 unspecified atom stereocenters. The van der Waals surface area contributed by atoms with Crippen LogP contribution in [-0.4, -0.2) is 23.8 Å². The summed E-state index contributed by atoms with van der Waals surface area (Å²) in [4.78, 5) is 2.32. The van der Waals surface area contributed by atoms with Crippen LogP contribution in [0.5, 0.6) is 0 Å². The number of fused-ring (bicyclic) bond motifs is 1. The molecule has 0 bridgehead atoms. The molecule has 2 fully saturated rings. The van der Waals surface area contributed by atoms with E-state index in [2.05, 4.69) is 24.0 Å². The number of benzene rings is 1. The Bertz CT molecular complexity index is 548. The summed E-state index contributed by atoms with van der Waals surface area (Å²) >= 11 is 0. The molecule has 0 amide bonds. The maximum Gasteiger partial charge on any atom is 0.101 e. The molecule has 2 aliphatic rings. The molecule has 3 nitrogen and oxygen atoms in total. The van der Waals surface area contributed by atoms with E-state index in [9.17, 15) is 10.4 Å². The van der Waals surface area contributed by atoms with Crippen LogP contribution < -0.4 is 4.90 Å². The standard InChI is InChI=1S/C17H22N2O/c1-13-5-4-6-14(11-18)16(13)19-10-9-17(20)8-3-2-7-15(17)12-19/h4-6,15,20H,2-3,7-10,12H2,1H3. The molecule has 20 heavy (non-hydrogen) atoms. The summed E-state index contributed by atoms with van der Waals surface area (Å²) in [5, 5.41) is 20.1. The van der Waals surface area contributed by atoms with Crippen LogP contribution in [0.4, 0.5) is 5.69 Å². The Morgan fingerprint density at radius 1 is 1.35 bits per heavy atom. The predicted molar refractivity (Wildman–Crippen MR) is 79.6 cm³/mol. The lowest BCUT2D eigenvalue weighted by Crippen LogP contribution is -2.53. The van der Waals surface area contributed by atoms with Crippen molar-refractivity contribution in [3.8, 4) is 6.07 Å². The molecule has 1 aliphatic carbocycles. The normalized spacial score (nSPS) is 29.6. The quantitative estimate of drug-likeness (QED) is 0.853. The third-order valence-corrected chi connectivity index (χ3v) is 5.10. The lowest BCUT2D eigenvalue weighted by molar-refractivity contribution is -0.0612. The van der Waals surface area contributed by atoms with Gasteiger partial charge in [0.15, 0.2) is 0 Å². The molecular weight excluding hydrogens is 248 g/mol. The Morgan fingerprint density at radius 2 is 2.20 bits per heavy atom. The highest BCUT2D eigenvalue weighted by Crippen LogP contribution is 2.41. The molecular formula is C17H22N2O. The fourth-order valence-corrected chi connectivity index (χ4v) is 3.94. The van der Waals surface area contributed by atoms with Gasteiger partial charge in [0.1, 0.15) is 6.07 Å². The molecule has 0 aromatic heterocycles. The van der Waals surface area contributed by atoms with Gasteiger partial charge in [0, 0.05) is 19.0 Å². The molecule has 1 saturated carbocycles. The summed E-state index contributed by atoms with van der Waals surface area (Å²) in [5.74, 6) is 0.358. The number of nitrogens with zero attached hydrogens (tertiary/aromatic N) is 2. The number of aliphatic hydroxyl groups is 1. The van der Waals surface area contributed by atoms with Gasteiger partial charge < -0.3 is 10.0 Å². The van der Waals surface area contributed by atoms with E-state index in [1.165, 1.54) is 6.42 Å². The third kappa shape index (κ3) is 2.19. The minimum Gasteiger partial charge on any atom is -0.389 e. The highest BCUT2D eigenvalue weighted by atomic mass is 16.3. The number of anilines is 1. The monoisotopic (exact) mass is 270 g/mol. The Kier molecular flexibility index (Phi) is 3.43. The first-order valence-electron chi connectivity index (χ1n) is 7.61. The summed E-state index contributed by atoms with van der Waals surface area (Å²) in [7, 11) is 0. The van der Waals surface area contributed by atoms with E-state index < -0.39 is 5.60 Å². The molecule has 3 heteroatoms. The van der Waals surface area contributed by atoms with E-state index in [4.69, 9.17) is 0 Å². The Morgan fingerprint density at radius 3 is 3.00 bits per heavy atom. The number of hydrogen-bond donors (Lipinski definition) is 1. The van der Waals surface area contributed by atoms with Crippen LogP contribution in [0.1, 0.15) is 43.2 Å². The van der Waals surface area contributed by atoms with Gasteiger partial charge in [-0.25, -0.2) is 0 Å².